The molecule has 2 atom stereocenters. The minimum absolute atomic E-state index is 0.0602. The Morgan fingerprint density at radius 3 is 2.70 bits per heavy atom. The molecule has 1 saturated heterocycles. The van der Waals surface area contributed by atoms with Crippen LogP contribution in [0.15, 0.2) is 48.5 Å². The van der Waals surface area contributed by atoms with Crippen molar-refractivity contribution in [1.29, 1.82) is 0 Å². The van der Waals surface area contributed by atoms with E-state index in [1.54, 1.807) is 6.07 Å². The van der Waals surface area contributed by atoms with E-state index in [2.05, 4.69) is 5.32 Å². The number of anilines is 1. The molecule has 0 bridgehead atoms. The molecular weight excluding hydrogens is 364 g/mol. The first-order valence-electron chi connectivity index (χ1n) is 9.42. The molecule has 1 N–H and O–H groups in total. The van der Waals surface area contributed by atoms with Gasteiger partial charge in [-0.15, -0.1) is 0 Å². The fourth-order valence-electron chi connectivity index (χ4n) is 3.80. The topological polar surface area (TPSA) is 50.8 Å². The predicted octanol–water partition coefficient (Wildman–Crippen LogP) is 5.31. The maximum atomic E-state index is 12.8. The number of hydrogen-bond acceptors (Lipinski definition) is 3. The lowest BCUT2D eigenvalue weighted by atomic mass is 9.90. The zero-order valence-electron chi connectivity index (χ0n) is 15.1. The number of amides is 2. The third-order valence-corrected chi connectivity index (χ3v) is 5.48. The number of benzene rings is 2. The summed E-state index contributed by atoms with van der Waals surface area (Å²) in [5, 5.41) is 3.56. The van der Waals surface area contributed by atoms with Gasteiger partial charge in [0.25, 0.3) is 0 Å². The van der Waals surface area contributed by atoms with Crippen molar-refractivity contribution in [2.45, 2.75) is 37.8 Å². The third kappa shape index (κ3) is 4.20. The summed E-state index contributed by atoms with van der Waals surface area (Å²) in [5.74, 6) is 1.27. The number of rotatable bonds is 3. The van der Waals surface area contributed by atoms with Crippen LogP contribution in [0.1, 0.15) is 25.7 Å². The van der Waals surface area contributed by atoms with Crippen LogP contribution in [0, 0.1) is 0 Å². The molecule has 0 unspecified atom stereocenters. The number of nitrogens with zero attached hydrogens (tertiary/aromatic N) is 1. The zero-order chi connectivity index (χ0) is 18.6. The summed E-state index contributed by atoms with van der Waals surface area (Å²) in [5.41, 5.74) is 0.741. The first kappa shape index (κ1) is 18.1. The second kappa shape index (κ2) is 8.19. The molecule has 0 radical (unpaired) electrons. The van der Waals surface area contributed by atoms with E-state index in [1.165, 1.54) is 6.42 Å². The highest BCUT2D eigenvalue weighted by Crippen LogP contribution is 2.31. The van der Waals surface area contributed by atoms with E-state index in [9.17, 15) is 4.79 Å². The van der Waals surface area contributed by atoms with Crippen molar-refractivity contribution in [2.24, 2.45) is 0 Å². The van der Waals surface area contributed by atoms with Gasteiger partial charge in [-0.25, -0.2) is 4.79 Å². The van der Waals surface area contributed by atoms with E-state index >= 15 is 0 Å². The number of nitrogens with one attached hydrogen (secondary N) is 1. The number of morpholine rings is 1. The van der Waals surface area contributed by atoms with Crippen molar-refractivity contribution >= 4 is 23.3 Å². The Balaban J connectivity index is 1.39. The van der Waals surface area contributed by atoms with Gasteiger partial charge in [0.2, 0.25) is 0 Å². The molecule has 2 aromatic carbocycles. The highest BCUT2D eigenvalue weighted by atomic mass is 35.5. The maximum absolute atomic E-state index is 12.8. The van der Waals surface area contributed by atoms with Crippen LogP contribution >= 0.6 is 11.6 Å². The molecule has 1 heterocycles. The molecule has 0 spiro atoms. The lowest BCUT2D eigenvalue weighted by Crippen LogP contribution is -2.55. The summed E-state index contributed by atoms with van der Waals surface area (Å²) in [6.07, 6.45) is 4.58. The lowest BCUT2D eigenvalue weighted by molar-refractivity contribution is -0.0694. The molecule has 2 aliphatic rings. The van der Waals surface area contributed by atoms with Gasteiger partial charge in [0.05, 0.1) is 23.8 Å². The van der Waals surface area contributed by atoms with E-state index in [4.69, 9.17) is 21.1 Å². The normalized spacial score (nSPS) is 22.0. The number of halogens is 1. The van der Waals surface area contributed by atoms with Crippen LogP contribution in [0.3, 0.4) is 0 Å². The first-order chi connectivity index (χ1) is 13.2. The Bertz CT molecular complexity index is 794. The van der Waals surface area contributed by atoms with Gasteiger partial charge in [-0.05, 0) is 49.2 Å². The minimum atomic E-state index is -0.0602. The quantitative estimate of drug-likeness (QED) is 0.777. The van der Waals surface area contributed by atoms with Crippen molar-refractivity contribution in [3.05, 3.63) is 53.6 Å². The monoisotopic (exact) mass is 386 g/mol. The van der Waals surface area contributed by atoms with Gasteiger partial charge >= 0.3 is 6.03 Å². The van der Waals surface area contributed by atoms with E-state index in [0.717, 1.165) is 24.9 Å². The highest BCUT2D eigenvalue weighted by molar-refractivity contribution is 6.32. The van der Waals surface area contributed by atoms with Crippen molar-refractivity contribution < 1.29 is 14.3 Å². The SMILES string of the molecule is O=C(Nc1ccc(Oc2ccccc2Cl)cc1)N1CCO[C@@H]2CCCC[C@@H]21. The smallest absolute Gasteiger partial charge is 0.322 e. The second-order valence-electron chi connectivity index (χ2n) is 6.94. The number of hydrogen-bond donors (Lipinski definition) is 1. The van der Waals surface area contributed by atoms with Gasteiger partial charge in [0, 0.05) is 12.2 Å². The van der Waals surface area contributed by atoms with Crippen LogP contribution in [0.25, 0.3) is 0 Å². The van der Waals surface area contributed by atoms with Crippen LogP contribution in [-0.2, 0) is 4.74 Å². The number of carbonyl (C=O) groups excluding carboxylic acids is 1. The number of fused-ring (bicyclic) bond motifs is 1. The van der Waals surface area contributed by atoms with Gasteiger partial charge in [-0.1, -0.05) is 36.6 Å². The summed E-state index contributed by atoms with van der Waals surface area (Å²) >= 11 is 6.12. The minimum Gasteiger partial charge on any atom is -0.456 e. The highest BCUT2D eigenvalue weighted by Gasteiger charge is 2.36. The van der Waals surface area contributed by atoms with Crippen LogP contribution in [-0.4, -0.2) is 36.2 Å². The summed E-state index contributed by atoms with van der Waals surface area (Å²) in [7, 11) is 0. The lowest BCUT2D eigenvalue weighted by Gasteiger charge is -2.43. The standard InChI is InChI=1S/C21H23ClN2O3/c22-17-5-1-3-7-19(17)27-16-11-9-15(10-12-16)23-21(25)24-13-14-26-20-8-4-2-6-18(20)24/h1,3,5,7,9-12,18,20H,2,4,6,8,13-14H2,(H,23,25)/t18-,20+/m0/s1. The van der Waals surface area contributed by atoms with Crippen LogP contribution in [0.5, 0.6) is 11.5 Å². The van der Waals surface area contributed by atoms with Gasteiger partial charge in [-0.3, -0.25) is 0 Å². The Morgan fingerprint density at radius 1 is 1.11 bits per heavy atom. The number of urea groups is 1. The average molecular weight is 387 g/mol. The molecule has 4 rings (SSSR count). The fourth-order valence-corrected chi connectivity index (χ4v) is 3.98. The largest absolute Gasteiger partial charge is 0.456 e. The number of ether oxygens (including phenoxy) is 2. The maximum Gasteiger partial charge on any atom is 0.322 e. The van der Waals surface area contributed by atoms with E-state index in [-0.39, 0.29) is 18.2 Å². The average Bonchev–Trinajstić information content (AvgIpc) is 2.70. The summed E-state index contributed by atoms with van der Waals surface area (Å²) in [6, 6.07) is 14.8. The first-order valence-corrected chi connectivity index (χ1v) is 9.80. The molecule has 5 nitrogen and oxygen atoms in total. The second-order valence-corrected chi connectivity index (χ2v) is 7.35. The van der Waals surface area contributed by atoms with Crippen molar-refractivity contribution in [2.75, 3.05) is 18.5 Å². The molecular formula is C21H23ClN2O3. The van der Waals surface area contributed by atoms with Gasteiger partial charge in [-0.2, -0.15) is 0 Å². The summed E-state index contributed by atoms with van der Waals surface area (Å²) in [6.45, 7) is 1.25. The molecule has 27 heavy (non-hydrogen) atoms. The number of para-hydroxylation sites is 1. The Kier molecular flexibility index (Phi) is 5.50. The van der Waals surface area contributed by atoms with E-state index < -0.39 is 0 Å². The molecule has 1 saturated carbocycles. The van der Waals surface area contributed by atoms with Crippen molar-refractivity contribution in [1.82, 2.24) is 4.90 Å². The van der Waals surface area contributed by atoms with Gasteiger partial charge < -0.3 is 19.7 Å². The zero-order valence-corrected chi connectivity index (χ0v) is 15.8. The molecule has 142 valence electrons. The molecule has 2 amide bonds. The van der Waals surface area contributed by atoms with Crippen molar-refractivity contribution in [3.8, 4) is 11.5 Å². The van der Waals surface area contributed by atoms with Gasteiger partial charge in [0.1, 0.15) is 11.5 Å². The Morgan fingerprint density at radius 2 is 1.89 bits per heavy atom. The third-order valence-electron chi connectivity index (χ3n) is 5.16. The molecule has 2 aromatic rings. The molecule has 0 aromatic heterocycles. The Labute approximate surface area is 164 Å². The predicted molar refractivity (Wildman–Crippen MR) is 106 cm³/mol. The Hall–Kier alpha value is -2.24. The fraction of sp³-hybridized carbons (Fsp3) is 0.381. The molecule has 1 aliphatic heterocycles. The van der Waals surface area contributed by atoms with E-state index in [0.29, 0.717) is 29.7 Å². The molecule has 6 heteroatoms. The summed E-state index contributed by atoms with van der Waals surface area (Å²) in [4.78, 5) is 14.7. The van der Waals surface area contributed by atoms with Crippen LogP contribution in [0.2, 0.25) is 5.02 Å². The van der Waals surface area contributed by atoms with Crippen molar-refractivity contribution in [3.63, 3.8) is 0 Å². The van der Waals surface area contributed by atoms with Crippen LogP contribution < -0.4 is 10.1 Å². The molecule has 1 aliphatic carbocycles. The molecule has 2 fully saturated rings. The van der Waals surface area contributed by atoms with E-state index in [1.807, 2.05) is 47.4 Å². The van der Waals surface area contributed by atoms with Crippen LogP contribution in [0.4, 0.5) is 10.5 Å². The summed E-state index contributed by atoms with van der Waals surface area (Å²) < 4.78 is 11.6. The number of carbonyl (C=O) groups is 1. The van der Waals surface area contributed by atoms with Gasteiger partial charge in [0.15, 0.2) is 0 Å².